The molecule has 0 atom stereocenters. The number of nitrogens with two attached hydrogens (primary N) is 1. The van der Waals surface area contributed by atoms with Gasteiger partial charge in [0.1, 0.15) is 5.82 Å². The minimum absolute atomic E-state index is 0.178. The van der Waals surface area contributed by atoms with E-state index in [1.807, 2.05) is 0 Å². The van der Waals surface area contributed by atoms with Crippen molar-refractivity contribution in [1.29, 1.82) is 0 Å². The lowest BCUT2D eigenvalue weighted by atomic mass is 10.2. The van der Waals surface area contributed by atoms with Crippen LogP contribution in [0.2, 0.25) is 10.0 Å². The monoisotopic (exact) mass is 310 g/mol. The van der Waals surface area contributed by atoms with Crippen LogP contribution in [0.3, 0.4) is 0 Å². The zero-order chi connectivity index (χ0) is 14.7. The van der Waals surface area contributed by atoms with E-state index >= 15 is 0 Å². The summed E-state index contributed by atoms with van der Waals surface area (Å²) in [7, 11) is 0. The van der Waals surface area contributed by atoms with Gasteiger partial charge in [0.05, 0.1) is 27.8 Å². The van der Waals surface area contributed by atoms with Gasteiger partial charge in [0, 0.05) is 11.9 Å². The van der Waals surface area contributed by atoms with E-state index in [4.69, 9.17) is 28.9 Å². The molecule has 0 saturated heterocycles. The Morgan fingerprint density at radius 2 is 2.15 bits per heavy atom. The molecule has 20 heavy (non-hydrogen) atoms. The highest BCUT2D eigenvalue weighted by Gasteiger charge is 2.14. The maximum Gasteiger partial charge on any atom is 0.253 e. The fourth-order valence-corrected chi connectivity index (χ4v) is 2.07. The number of carbonyl (C=O) groups is 1. The number of halogens is 2. The summed E-state index contributed by atoms with van der Waals surface area (Å²) < 4.78 is 0. The fourth-order valence-electron chi connectivity index (χ4n) is 1.64. The summed E-state index contributed by atoms with van der Waals surface area (Å²) in [6.45, 7) is 2.05. The predicted molar refractivity (Wildman–Crippen MR) is 78.8 cm³/mol. The molecule has 0 spiro atoms. The molecular weight excluding hydrogens is 299 g/mol. The van der Waals surface area contributed by atoms with E-state index in [1.54, 1.807) is 19.2 Å². The second-order valence-corrected chi connectivity index (χ2v) is 4.93. The highest BCUT2D eigenvalue weighted by molar-refractivity contribution is 6.44. The first-order valence-electron chi connectivity index (χ1n) is 5.78. The number of aryl methyl sites for hydroxylation is 1. The molecule has 1 heterocycles. The van der Waals surface area contributed by atoms with E-state index < -0.39 is 0 Å². The van der Waals surface area contributed by atoms with E-state index in [-0.39, 0.29) is 28.1 Å². The molecule has 0 radical (unpaired) electrons. The Bertz CT molecular complexity index is 661. The highest BCUT2D eigenvalue weighted by atomic mass is 35.5. The molecule has 7 heteroatoms. The molecule has 1 aromatic heterocycles. The molecule has 1 aromatic carbocycles. The topological polar surface area (TPSA) is 80.9 Å². The maximum atomic E-state index is 12.1. The number of benzene rings is 1. The highest BCUT2D eigenvalue weighted by Crippen LogP contribution is 2.28. The molecule has 0 bridgehead atoms. The molecule has 2 aromatic rings. The normalized spacial score (nSPS) is 10.3. The quantitative estimate of drug-likeness (QED) is 0.854. The number of aromatic nitrogens is 2. The summed E-state index contributed by atoms with van der Waals surface area (Å²) in [5.74, 6) is 0.280. The number of nitrogen functional groups attached to an aromatic ring is 1. The number of anilines is 1. The SMILES string of the molecule is Cc1nccc(CNC(=O)c2cc(N)cc(Cl)c2Cl)n1. The van der Waals surface area contributed by atoms with Crippen molar-refractivity contribution in [1.82, 2.24) is 15.3 Å². The van der Waals surface area contributed by atoms with E-state index in [0.29, 0.717) is 17.2 Å². The minimum atomic E-state index is -0.361. The van der Waals surface area contributed by atoms with E-state index in [0.717, 1.165) is 0 Å². The van der Waals surface area contributed by atoms with Crippen molar-refractivity contribution in [2.45, 2.75) is 13.5 Å². The van der Waals surface area contributed by atoms with Crippen LogP contribution in [0, 0.1) is 6.92 Å². The molecule has 3 N–H and O–H groups in total. The molecule has 0 fully saturated rings. The standard InChI is InChI=1S/C13H12Cl2N4O/c1-7-17-3-2-9(19-7)6-18-13(20)10-4-8(16)5-11(14)12(10)15/h2-5H,6,16H2,1H3,(H,18,20). The van der Waals surface area contributed by atoms with E-state index in [1.165, 1.54) is 12.1 Å². The van der Waals surface area contributed by atoms with Gasteiger partial charge < -0.3 is 11.1 Å². The van der Waals surface area contributed by atoms with Crippen LogP contribution in [0.5, 0.6) is 0 Å². The number of rotatable bonds is 3. The third-order valence-electron chi connectivity index (χ3n) is 2.56. The van der Waals surface area contributed by atoms with Crippen LogP contribution >= 0.6 is 23.2 Å². The van der Waals surface area contributed by atoms with E-state index in [2.05, 4.69) is 15.3 Å². The molecule has 0 aliphatic rings. The van der Waals surface area contributed by atoms with Crippen molar-refractivity contribution in [3.8, 4) is 0 Å². The third-order valence-corrected chi connectivity index (χ3v) is 3.36. The van der Waals surface area contributed by atoms with Crippen molar-refractivity contribution in [2.24, 2.45) is 0 Å². The maximum absolute atomic E-state index is 12.1. The largest absolute Gasteiger partial charge is 0.399 e. The zero-order valence-electron chi connectivity index (χ0n) is 10.7. The van der Waals surface area contributed by atoms with Crippen molar-refractivity contribution < 1.29 is 4.79 Å². The Labute approximate surface area is 126 Å². The van der Waals surface area contributed by atoms with Crippen molar-refractivity contribution in [2.75, 3.05) is 5.73 Å². The summed E-state index contributed by atoms with van der Waals surface area (Å²) in [6.07, 6.45) is 1.63. The van der Waals surface area contributed by atoms with Gasteiger partial charge in [0.15, 0.2) is 0 Å². The molecule has 0 aliphatic heterocycles. The van der Waals surface area contributed by atoms with Gasteiger partial charge in [0.25, 0.3) is 5.91 Å². The first-order valence-corrected chi connectivity index (χ1v) is 6.54. The lowest BCUT2D eigenvalue weighted by Gasteiger charge is -2.08. The summed E-state index contributed by atoms with van der Waals surface area (Å²) in [4.78, 5) is 20.2. The van der Waals surface area contributed by atoms with Gasteiger partial charge in [-0.25, -0.2) is 9.97 Å². The van der Waals surface area contributed by atoms with Gasteiger partial charge in [-0.3, -0.25) is 4.79 Å². The predicted octanol–water partition coefficient (Wildman–Crippen LogP) is 2.60. The van der Waals surface area contributed by atoms with Gasteiger partial charge in [-0.05, 0) is 25.1 Å². The third kappa shape index (κ3) is 3.37. The summed E-state index contributed by atoms with van der Waals surface area (Å²) >= 11 is 11.9. The molecule has 0 saturated carbocycles. The van der Waals surface area contributed by atoms with Crippen molar-refractivity contribution in [3.05, 3.63) is 51.5 Å². The van der Waals surface area contributed by atoms with Crippen LogP contribution in [0.1, 0.15) is 21.9 Å². The lowest BCUT2D eigenvalue weighted by Crippen LogP contribution is -2.24. The van der Waals surface area contributed by atoms with E-state index in [9.17, 15) is 4.79 Å². The molecule has 1 amide bonds. The Kier molecular flexibility index (Phi) is 4.42. The second kappa shape index (κ2) is 6.07. The number of nitrogens with zero attached hydrogens (tertiary/aromatic N) is 2. The molecule has 0 aliphatic carbocycles. The van der Waals surface area contributed by atoms with Crippen molar-refractivity contribution >= 4 is 34.8 Å². The number of amides is 1. The average molecular weight is 311 g/mol. The Balaban J connectivity index is 2.13. The Hall–Kier alpha value is -1.85. The van der Waals surface area contributed by atoms with Gasteiger partial charge >= 0.3 is 0 Å². The Morgan fingerprint density at radius 1 is 1.40 bits per heavy atom. The number of hydrogen-bond donors (Lipinski definition) is 2. The lowest BCUT2D eigenvalue weighted by molar-refractivity contribution is 0.0950. The number of nitrogens with one attached hydrogen (secondary N) is 1. The van der Waals surface area contributed by atoms with Gasteiger partial charge in [-0.15, -0.1) is 0 Å². The number of hydrogen-bond acceptors (Lipinski definition) is 4. The zero-order valence-corrected chi connectivity index (χ0v) is 12.2. The first kappa shape index (κ1) is 14.6. The van der Waals surface area contributed by atoms with Gasteiger partial charge in [0.2, 0.25) is 0 Å². The summed E-state index contributed by atoms with van der Waals surface area (Å²) in [5.41, 5.74) is 6.97. The molecule has 5 nitrogen and oxygen atoms in total. The molecule has 104 valence electrons. The van der Waals surface area contributed by atoms with Crippen molar-refractivity contribution in [3.63, 3.8) is 0 Å². The molecule has 2 rings (SSSR count). The van der Waals surface area contributed by atoms with Crippen LogP contribution in [0.25, 0.3) is 0 Å². The van der Waals surface area contributed by atoms with Crippen LogP contribution < -0.4 is 11.1 Å². The van der Waals surface area contributed by atoms with Crippen LogP contribution in [-0.4, -0.2) is 15.9 Å². The second-order valence-electron chi connectivity index (χ2n) is 4.14. The average Bonchev–Trinajstić information content (AvgIpc) is 2.40. The summed E-state index contributed by atoms with van der Waals surface area (Å²) in [5, 5.41) is 3.13. The van der Waals surface area contributed by atoms with Crippen LogP contribution in [0.4, 0.5) is 5.69 Å². The minimum Gasteiger partial charge on any atom is -0.399 e. The van der Waals surface area contributed by atoms with Gasteiger partial charge in [-0.2, -0.15) is 0 Å². The Morgan fingerprint density at radius 3 is 2.85 bits per heavy atom. The van der Waals surface area contributed by atoms with Gasteiger partial charge in [-0.1, -0.05) is 23.2 Å². The molecule has 0 unspecified atom stereocenters. The fraction of sp³-hybridized carbons (Fsp3) is 0.154. The smallest absolute Gasteiger partial charge is 0.253 e. The first-order chi connectivity index (χ1) is 9.47. The summed E-state index contributed by atoms with van der Waals surface area (Å²) in [6, 6.07) is 4.70. The number of carbonyl (C=O) groups excluding carboxylic acids is 1. The van der Waals surface area contributed by atoms with Crippen LogP contribution in [-0.2, 0) is 6.54 Å². The van der Waals surface area contributed by atoms with Crippen LogP contribution in [0.15, 0.2) is 24.4 Å². The molecular formula is C13H12Cl2N4O.